The Kier molecular flexibility index (Phi) is 4.52. The number of carbonyl (C=O) groups is 2. The number of fused-ring (bicyclic) bond motifs is 2. The van der Waals surface area contributed by atoms with Gasteiger partial charge in [0, 0.05) is 11.5 Å². The normalized spacial score (nSPS) is 28.7. The number of allylic oxidation sites excluding steroid dienone is 1. The number of aromatic hydroxyl groups is 1. The zero-order valence-electron chi connectivity index (χ0n) is 16.4. The van der Waals surface area contributed by atoms with E-state index in [4.69, 9.17) is 4.43 Å². The molecule has 140 valence electrons. The number of phenols is 1. The van der Waals surface area contributed by atoms with Gasteiger partial charge in [-0.25, -0.2) is 0 Å². The molecule has 4 nitrogen and oxygen atoms in total. The summed E-state index contributed by atoms with van der Waals surface area (Å²) in [5, 5.41) is 10.2. The van der Waals surface area contributed by atoms with Crippen LogP contribution in [0.4, 0.5) is 0 Å². The number of Topliss-reactive ketones (excluding diaryl/α,β-unsaturated/α-hetero) is 2. The van der Waals surface area contributed by atoms with Crippen LogP contribution >= 0.6 is 0 Å². The van der Waals surface area contributed by atoms with Gasteiger partial charge in [-0.3, -0.25) is 9.59 Å². The molecule has 2 aliphatic carbocycles. The van der Waals surface area contributed by atoms with Crippen molar-refractivity contribution in [3.8, 4) is 5.75 Å². The van der Waals surface area contributed by atoms with Crippen LogP contribution in [0.15, 0.2) is 30.4 Å². The van der Waals surface area contributed by atoms with Crippen LogP contribution in [-0.2, 0) is 4.43 Å². The molecule has 1 aromatic carbocycles. The Balaban J connectivity index is 2.07. The predicted molar refractivity (Wildman–Crippen MR) is 104 cm³/mol. The molecule has 0 saturated heterocycles. The van der Waals surface area contributed by atoms with Gasteiger partial charge in [-0.15, -0.1) is 0 Å². The Morgan fingerprint density at radius 1 is 1.04 bits per heavy atom. The average molecular weight is 373 g/mol. The van der Waals surface area contributed by atoms with Gasteiger partial charge in [0.15, 0.2) is 19.9 Å². The Morgan fingerprint density at radius 2 is 1.69 bits per heavy atom. The van der Waals surface area contributed by atoms with Gasteiger partial charge in [0.05, 0.1) is 17.6 Å². The summed E-state index contributed by atoms with van der Waals surface area (Å²) >= 11 is 0. The minimum absolute atomic E-state index is 0.00116. The highest BCUT2D eigenvalue weighted by Gasteiger charge is 2.51. The van der Waals surface area contributed by atoms with Crippen LogP contribution in [0.25, 0.3) is 0 Å². The molecular formula is C21H28O4Si. The lowest BCUT2D eigenvalue weighted by molar-refractivity contribution is 0.0480. The standard InChI is InChI=1S/C21H28O4Si/c1-12-10-11-15(25-26(5,6)21(2,3)4)18-16(12)19(23)13-8-7-9-14(22)17(13)20(18)24/h7-12,15-16,18,22H,1-6H3/t12-,15+,16-,18+/m1/s1. The molecule has 2 aliphatic rings. The van der Waals surface area contributed by atoms with E-state index >= 15 is 0 Å². The van der Waals surface area contributed by atoms with E-state index in [-0.39, 0.29) is 33.8 Å². The van der Waals surface area contributed by atoms with Crippen molar-refractivity contribution in [3.63, 3.8) is 0 Å². The van der Waals surface area contributed by atoms with E-state index in [0.717, 1.165) is 0 Å². The molecule has 3 rings (SSSR count). The van der Waals surface area contributed by atoms with E-state index < -0.39 is 26.3 Å². The highest BCUT2D eigenvalue weighted by atomic mass is 28.4. The van der Waals surface area contributed by atoms with Crippen molar-refractivity contribution in [2.45, 2.75) is 51.9 Å². The van der Waals surface area contributed by atoms with Gasteiger partial charge in [-0.05, 0) is 30.1 Å². The quantitative estimate of drug-likeness (QED) is 0.609. The second-order valence-corrected chi connectivity index (χ2v) is 13.8. The van der Waals surface area contributed by atoms with E-state index in [9.17, 15) is 14.7 Å². The van der Waals surface area contributed by atoms with Gasteiger partial charge in [0.25, 0.3) is 0 Å². The van der Waals surface area contributed by atoms with Crippen molar-refractivity contribution in [2.24, 2.45) is 17.8 Å². The molecule has 26 heavy (non-hydrogen) atoms. The SMILES string of the molecule is C[C@@H]1C=C[C@H](O[Si](C)(C)C(C)(C)C)[C@@H]2C(=O)c3c(O)cccc3C(=O)[C@@H]21. The van der Waals surface area contributed by atoms with Crippen molar-refractivity contribution in [3.05, 3.63) is 41.5 Å². The van der Waals surface area contributed by atoms with Crippen molar-refractivity contribution in [1.29, 1.82) is 0 Å². The van der Waals surface area contributed by atoms with Crippen LogP contribution in [0.3, 0.4) is 0 Å². The molecule has 0 spiro atoms. The lowest BCUT2D eigenvalue weighted by atomic mass is 9.64. The zero-order chi connectivity index (χ0) is 19.4. The number of hydrogen-bond donors (Lipinski definition) is 1. The van der Waals surface area contributed by atoms with E-state index in [0.29, 0.717) is 5.56 Å². The fourth-order valence-electron chi connectivity index (χ4n) is 3.75. The molecule has 1 N–H and O–H groups in total. The molecule has 4 atom stereocenters. The van der Waals surface area contributed by atoms with E-state index in [2.05, 4.69) is 33.9 Å². The number of rotatable bonds is 2. The van der Waals surface area contributed by atoms with Crippen LogP contribution in [-0.4, -0.2) is 31.1 Å². The highest BCUT2D eigenvalue weighted by molar-refractivity contribution is 6.74. The Hall–Kier alpha value is -1.72. The smallest absolute Gasteiger partial charge is 0.192 e. The molecular weight excluding hydrogens is 344 g/mol. The predicted octanol–water partition coefficient (Wildman–Crippen LogP) is 4.60. The van der Waals surface area contributed by atoms with Crippen molar-refractivity contribution in [2.75, 3.05) is 0 Å². The van der Waals surface area contributed by atoms with Gasteiger partial charge >= 0.3 is 0 Å². The summed E-state index contributed by atoms with van der Waals surface area (Å²) < 4.78 is 6.53. The summed E-state index contributed by atoms with van der Waals surface area (Å²) in [5.41, 5.74) is 0.495. The lowest BCUT2D eigenvalue weighted by Crippen LogP contribution is -2.52. The molecule has 0 heterocycles. The number of hydrogen-bond acceptors (Lipinski definition) is 4. The third kappa shape index (κ3) is 2.87. The summed E-state index contributed by atoms with van der Waals surface area (Å²) in [4.78, 5) is 26.4. The highest BCUT2D eigenvalue weighted by Crippen LogP contribution is 2.46. The van der Waals surface area contributed by atoms with Crippen LogP contribution in [0.5, 0.6) is 5.75 Å². The van der Waals surface area contributed by atoms with Crippen LogP contribution in [0, 0.1) is 17.8 Å². The maximum absolute atomic E-state index is 13.3. The number of benzene rings is 1. The molecule has 5 heteroatoms. The molecule has 0 bridgehead atoms. The lowest BCUT2D eigenvalue weighted by Gasteiger charge is -2.45. The molecule has 1 aromatic rings. The molecule has 0 aliphatic heterocycles. The zero-order valence-corrected chi connectivity index (χ0v) is 17.4. The maximum atomic E-state index is 13.3. The minimum Gasteiger partial charge on any atom is -0.507 e. The van der Waals surface area contributed by atoms with Gasteiger partial charge in [-0.1, -0.05) is 52.0 Å². The number of phenolic OH excluding ortho intramolecular Hbond substituents is 1. The maximum Gasteiger partial charge on any atom is 0.192 e. The summed E-state index contributed by atoms with van der Waals surface area (Å²) in [6, 6.07) is 4.73. The summed E-state index contributed by atoms with van der Waals surface area (Å²) in [6.07, 6.45) is 3.52. The van der Waals surface area contributed by atoms with Crippen LogP contribution in [0.1, 0.15) is 48.4 Å². The minimum atomic E-state index is -2.12. The Morgan fingerprint density at radius 3 is 2.31 bits per heavy atom. The van der Waals surface area contributed by atoms with Gasteiger partial charge < -0.3 is 9.53 Å². The molecule has 0 amide bonds. The van der Waals surface area contributed by atoms with Crippen LogP contribution in [0.2, 0.25) is 18.1 Å². The summed E-state index contributed by atoms with van der Waals surface area (Å²) in [5.74, 6) is -1.41. The first-order valence-corrected chi connectivity index (χ1v) is 12.1. The van der Waals surface area contributed by atoms with E-state index in [1.165, 1.54) is 6.07 Å². The summed E-state index contributed by atoms with van der Waals surface area (Å²) in [6.45, 7) is 12.7. The van der Waals surface area contributed by atoms with Gasteiger partial charge in [0.2, 0.25) is 0 Å². The van der Waals surface area contributed by atoms with Crippen molar-refractivity contribution >= 4 is 19.9 Å². The Bertz CT molecular complexity index is 788. The van der Waals surface area contributed by atoms with Gasteiger partial charge in [0.1, 0.15) is 5.75 Å². The van der Waals surface area contributed by atoms with Crippen molar-refractivity contribution in [1.82, 2.24) is 0 Å². The fourth-order valence-corrected chi connectivity index (χ4v) is 5.01. The largest absolute Gasteiger partial charge is 0.507 e. The molecule has 0 radical (unpaired) electrons. The number of carbonyl (C=O) groups excluding carboxylic acids is 2. The molecule has 0 saturated carbocycles. The van der Waals surface area contributed by atoms with Gasteiger partial charge in [-0.2, -0.15) is 0 Å². The topological polar surface area (TPSA) is 63.6 Å². The van der Waals surface area contributed by atoms with Crippen molar-refractivity contribution < 1.29 is 19.1 Å². The summed E-state index contributed by atoms with van der Waals surface area (Å²) in [7, 11) is -2.12. The second kappa shape index (κ2) is 6.17. The Labute approximate surface area is 156 Å². The van der Waals surface area contributed by atoms with E-state index in [1.807, 2.05) is 19.1 Å². The molecule has 0 fully saturated rings. The second-order valence-electron chi connectivity index (χ2n) is 9.07. The average Bonchev–Trinajstić information content (AvgIpc) is 2.52. The third-order valence-electron chi connectivity index (χ3n) is 6.31. The number of ketones is 2. The molecule has 0 aromatic heterocycles. The first-order valence-electron chi connectivity index (χ1n) is 9.22. The fraction of sp³-hybridized carbons (Fsp3) is 0.524. The molecule has 0 unspecified atom stereocenters. The van der Waals surface area contributed by atoms with E-state index in [1.54, 1.807) is 12.1 Å². The third-order valence-corrected chi connectivity index (χ3v) is 10.8. The van der Waals surface area contributed by atoms with Crippen LogP contribution < -0.4 is 0 Å². The first kappa shape index (κ1) is 19.0. The monoisotopic (exact) mass is 372 g/mol. The first-order chi connectivity index (χ1) is 12.0.